The predicted octanol–water partition coefficient (Wildman–Crippen LogP) is 6.03. The van der Waals surface area contributed by atoms with Gasteiger partial charge in [-0.25, -0.2) is 4.98 Å². The molecule has 0 saturated carbocycles. The van der Waals surface area contributed by atoms with E-state index >= 15 is 0 Å². The standard InChI is InChI=1S/C26H22N2O2S/c1-3-30-21-13-11-19(12-14-21)23-17(2)31-25-24(23)26(29)28(16-27-25)15-20-9-6-8-18-7-4-5-10-22(18)20/h4-14,16H,3,15H2,1-2H3. The minimum Gasteiger partial charge on any atom is -0.494 e. The molecular weight excluding hydrogens is 404 g/mol. The Labute approximate surface area is 184 Å². The maximum absolute atomic E-state index is 13.6. The lowest BCUT2D eigenvalue weighted by Crippen LogP contribution is -2.21. The molecule has 154 valence electrons. The minimum atomic E-state index is -0.00818. The van der Waals surface area contributed by atoms with Crippen molar-refractivity contribution in [2.24, 2.45) is 0 Å². The highest BCUT2D eigenvalue weighted by Gasteiger charge is 2.17. The van der Waals surface area contributed by atoms with Crippen LogP contribution in [-0.2, 0) is 6.54 Å². The monoisotopic (exact) mass is 426 g/mol. The molecule has 0 saturated heterocycles. The van der Waals surface area contributed by atoms with E-state index < -0.39 is 0 Å². The molecule has 0 unspecified atom stereocenters. The summed E-state index contributed by atoms with van der Waals surface area (Å²) in [5, 5.41) is 3.02. The van der Waals surface area contributed by atoms with E-state index in [9.17, 15) is 4.79 Å². The Morgan fingerprint density at radius 3 is 2.58 bits per heavy atom. The number of ether oxygens (including phenoxy) is 1. The largest absolute Gasteiger partial charge is 0.494 e. The highest BCUT2D eigenvalue weighted by Crippen LogP contribution is 2.36. The topological polar surface area (TPSA) is 44.1 Å². The number of rotatable bonds is 5. The summed E-state index contributed by atoms with van der Waals surface area (Å²) in [6.45, 7) is 5.13. The van der Waals surface area contributed by atoms with Gasteiger partial charge in [-0.1, -0.05) is 54.6 Å². The van der Waals surface area contributed by atoms with Crippen molar-refractivity contribution in [2.75, 3.05) is 6.61 Å². The van der Waals surface area contributed by atoms with E-state index in [4.69, 9.17) is 4.74 Å². The van der Waals surface area contributed by atoms with Gasteiger partial charge in [0, 0.05) is 10.4 Å². The third kappa shape index (κ3) is 3.51. The first-order chi connectivity index (χ1) is 15.2. The molecule has 0 N–H and O–H groups in total. The van der Waals surface area contributed by atoms with Crippen LogP contribution in [0.3, 0.4) is 0 Å². The molecule has 5 heteroatoms. The summed E-state index contributed by atoms with van der Waals surface area (Å²) in [4.78, 5) is 20.0. The van der Waals surface area contributed by atoms with Gasteiger partial charge in [-0.05, 0) is 47.9 Å². The van der Waals surface area contributed by atoms with Gasteiger partial charge >= 0.3 is 0 Å². The SMILES string of the molecule is CCOc1ccc(-c2c(C)sc3ncn(Cc4cccc5ccccc45)c(=O)c23)cc1. The summed E-state index contributed by atoms with van der Waals surface area (Å²) in [5.41, 5.74) is 3.07. The molecule has 2 heterocycles. The average molecular weight is 427 g/mol. The molecule has 2 aromatic heterocycles. The molecule has 4 nitrogen and oxygen atoms in total. The first-order valence-corrected chi connectivity index (χ1v) is 11.2. The van der Waals surface area contributed by atoms with Gasteiger partial charge in [0.25, 0.3) is 5.56 Å². The lowest BCUT2D eigenvalue weighted by Gasteiger charge is -2.10. The Balaban J connectivity index is 1.62. The van der Waals surface area contributed by atoms with Gasteiger partial charge in [-0.2, -0.15) is 0 Å². The predicted molar refractivity (Wildman–Crippen MR) is 128 cm³/mol. The third-order valence-corrected chi connectivity index (χ3v) is 6.54. The van der Waals surface area contributed by atoms with Gasteiger partial charge in [0.15, 0.2) is 0 Å². The smallest absolute Gasteiger partial charge is 0.263 e. The van der Waals surface area contributed by atoms with Crippen molar-refractivity contribution >= 4 is 32.3 Å². The zero-order chi connectivity index (χ0) is 21.4. The third-order valence-electron chi connectivity index (χ3n) is 5.53. The zero-order valence-electron chi connectivity index (χ0n) is 17.5. The molecule has 0 radical (unpaired) electrons. The van der Waals surface area contributed by atoms with Gasteiger partial charge in [0.1, 0.15) is 10.6 Å². The van der Waals surface area contributed by atoms with Crippen molar-refractivity contribution in [1.29, 1.82) is 0 Å². The van der Waals surface area contributed by atoms with Crippen molar-refractivity contribution in [2.45, 2.75) is 20.4 Å². The second-order valence-corrected chi connectivity index (χ2v) is 8.69. The summed E-state index contributed by atoms with van der Waals surface area (Å²) in [7, 11) is 0. The van der Waals surface area contributed by atoms with E-state index in [1.165, 1.54) is 5.39 Å². The molecule has 0 aliphatic heterocycles. The number of fused-ring (bicyclic) bond motifs is 2. The lowest BCUT2D eigenvalue weighted by molar-refractivity contribution is 0.340. The van der Waals surface area contributed by atoms with Crippen molar-refractivity contribution in [3.8, 4) is 16.9 Å². The fraction of sp³-hybridized carbons (Fsp3) is 0.154. The number of thiophene rings is 1. The highest BCUT2D eigenvalue weighted by molar-refractivity contribution is 7.19. The number of aryl methyl sites for hydroxylation is 1. The fourth-order valence-corrected chi connectivity index (χ4v) is 5.10. The van der Waals surface area contributed by atoms with Crippen LogP contribution in [0.1, 0.15) is 17.4 Å². The van der Waals surface area contributed by atoms with Crippen LogP contribution in [-0.4, -0.2) is 16.2 Å². The van der Waals surface area contributed by atoms with Crippen LogP contribution in [0.25, 0.3) is 32.1 Å². The summed E-state index contributed by atoms with van der Waals surface area (Å²) in [6, 6.07) is 22.4. The van der Waals surface area contributed by atoms with Crippen LogP contribution >= 0.6 is 11.3 Å². The lowest BCUT2D eigenvalue weighted by atomic mass is 10.0. The highest BCUT2D eigenvalue weighted by atomic mass is 32.1. The number of hydrogen-bond acceptors (Lipinski definition) is 4. The molecule has 0 bridgehead atoms. The second-order valence-electron chi connectivity index (χ2n) is 7.49. The van der Waals surface area contributed by atoms with Crippen LogP contribution in [0, 0.1) is 6.92 Å². The van der Waals surface area contributed by atoms with Crippen molar-refractivity contribution in [3.05, 3.63) is 93.9 Å². The van der Waals surface area contributed by atoms with Crippen molar-refractivity contribution in [1.82, 2.24) is 9.55 Å². The molecule has 0 atom stereocenters. The number of aromatic nitrogens is 2. The van der Waals surface area contributed by atoms with Gasteiger partial charge in [0.05, 0.1) is 24.9 Å². The van der Waals surface area contributed by atoms with Gasteiger partial charge < -0.3 is 4.74 Å². The van der Waals surface area contributed by atoms with Crippen LogP contribution in [0.5, 0.6) is 5.75 Å². The Hall–Kier alpha value is -3.44. The Bertz CT molecular complexity index is 1440. The van der Waals surface area contributed by atoms with Crippen LogP contribution in [0.4, 0.5) is 0 Å². The normalized spacial score (nSPS) is 11.3. The quantitative estimate of drug-likeness (QED) is 0.344. The number of nitrogens with zero attached hydrogens (tertiary/aromatic N) is 2. The van der Waals surface area contributed by atoms with Crippen LogP contribution < -0.4 is 10.3 Å². The molecule has 31 heavy (non-hydrogen) atoms. The average Bonchev–Trinajstić information content (AvgIpc) is 3.13. The molecule has 0 aliphatic carbocycles. The molecule has 5 rings (SSSR count). The summed E-state index contributed by atoms with van der Waals surface area (Å²) in [5.74, 6) is 0.829. The second kappa shape index (κ2) is 8.00. The van der Waals surface area contributed by atoms with Crippen LogP contribution in [0.2, 0.25) is 0 Å². The zero-order valence-corrected chi connectivity index (χ0v) is 18.3. The van der Waals surface area contributed by atoms with Gasteiger partial charge in [-0.15, -0.1) is 11.3 Å². The van der Waals surface area contributed by atoms with Crippen molar-refractivity contribution in [3.63, 3.8) is 0 Å². The van der Waals surface area contributed by atoms with Gasteiger partial charge in [0.2, 0.25) is 0 Å². The molecule has 5 aromatic rings. The minimum absolute atomic E-state index is 0.00818. The molecule has 0 fully saturated rings. The Morgan fingerprint density at radius 1 is 1.00 bits per heavy atom. The molecule has 0 amide bonds. The Kier molecular flexibility index (Phi) is 5.04. The van der Waals surface area contributed by atoms with E-state index in [1.807, 2.05) is 56.3 Å². The Morgan fingerprint density at radius 2 is 1.77 bits per heavy atom. The summed E-state index contributed by atoms with van der Waals surface area (Å²) < 4.78 is 7.28. The summed E-state index contributed by atoms with van der Waals surface area (Å²) in [6.07, 6.45) is 1.67. The van der Waals surface area contributed by atoms with E-state index in [1.54, 1.807) is 22.2 Å². The maximum atomic E-state index is 13.6. The van der Waals surface area contributed by atoms with E-state index in [-0.39, 0.29) is 5.56 Å². The van der Waals surface area contributed by atoms with Crippen LogP contribution in [0.15, 0.2) is 77.9 Å². The fourth-order valence-electron chi connectivity index (χ4n) is 4.10. The van der Waals surface area contributed by atoms with Crippen molar-refractivity contribution < 1.29 is 4.74 Å². The summed E-state index contributed by atoms with van der Waals surface area (Å²) >= 11 is 1.56. The number of hydrogen-bond donors (Lipinski definition) is 0. The molecule has 0 spiro atoms. The molecule has 0 aliphatic rings. The van der Waals surface area contributed by atoms with E-state index in [0.29, 0.717) is 18.5 Å². The van der Waals surface area contributed by atoms with E-state index in [2.05, 4.69) is 29.2 Å². The molecular formula is C26H22N2O2S. The maximum Gasteiger partial charge on any atom is 0.263 e. The first kappa shape index (κ1) is 19.5. The molecule has 3 aromatic carbocycles. The van der Waals surface area contributed by atoms with E-state index in [0.717, 1.165) is 37.5 Å². The number of benzene rings is 3. The first-order valence-electron chi connectivity index (χ1n) is 10.3. The van der Waals surface area contributed by atoms with Gasteiger partial charge in [-0.3, -0.25) is 9.36 Å².